The molecule has 0 amide bonds. The largest absolute Gasteiger partial charge is 0.478 e. The zero-order chi connectivity index (χ0) is 12.4. The summed E-state index contributed by atoms with van der Waals surface area (Å²) in [5.41, 5.74) is 0.975. The summed E-state index contributed by atoms with van der Waals surface area (Å²) in [6.45, 7) is 1.76. The number of fused-ring (bicyclic) bond motifs is 1. The fraction of sp³-hybridized carbons (Fsp3) is 0.214. The van der Waals surface area contributed by atoms with Gasteiger partial charge < -0.3 is 10.2 Å². The van der Waals surface area contributed by atoms with E-state index in [9.17, 15) is 15.0 Å². The highest BCUT2D eigenvalue weighted by molar-refractivity contribution is 6.05. The lowest BCUT2D eigenvalue weighted by molar-refractivity contribution is 0.0697. The molecule has 0 aliphatic heterocycles. The third-order valence-corrected chi connectivity index (χ3v) is 2.98. The Balaban J connectivity index is 2.77. The monoisotopic (exact) mass is 230 g/mol. The minimum Gasteiger partial charge on any atom is -0.478 e. The zero-order valence-electron chi connectivity index (χ0n) is 9.55. The van der Waals surface area contributed by atoms with Gasteiger partial charge >= 0.3 is 5.97 Å². The number of carboxylic acid groups (broad SMARTS) is 1. The molecule has 0 aliphatic rings. The van der Waals surface area contributed by atoms with Gasteiger partial charge in [0.15, 0.2) is 0 Å². The van der Waals surface area contributed by atoms with Crippen LogP contribution in [0.2, 0.25) is 0 Å². The van der Waals surface area contributed by atoms with Gasteiger partial charge in [0, 0.05) is 12.5 Å². The van der Waals surface area contributed by atoms with Crippen molar-refractivity contribution in [3.63, 3.8) is 0 Å². The molecule has 0 fully saturated rings. The van der Waals surface area contributed by atoms with Crippen LogP contribution in [-0.4, -0.2) is 22.8 Å². The second-order valence-corrected chi connectivity index (χ2v) is 4.14. The smallest absolute Gasteiger partial charge is 0.336 e. The van der Waals surface area contributed by atoms with E-state index >= 15 is 0 Å². The predicted molar refractivity (Wildman–Crippen MR) is 66.4 cm³/mol. The summed E-state index contributed by atoms with van der Waals surface area (Å²) in [6.07, 6.45) is 0. The number of aliphatic hydroxyl groups excluding tert-OH is 1. The number of benzene rings is 2. The minimum absolute atomic E-state index is 0.0569. The van der Waals surface area contributed by atoms with Crippen molar-refractivity contribution in [3.05, 3.63) is 47.5 Å². The molecule has 0 bridgehead atoms. The number of aliphatic hydroxyl groups is 1. The molecule has 1 unspecified atom stereocenters. The maximum Gasteiger partial charge on any atom is 0.336 e. The van der Waals surface area contributed by atoms with Crippen LogP contribution < -0.4 is 0 Å². The average molecular weight is 230 g/mol. The molecular weight excluding hydrogens is 216 g/mol. The highest BCUT2D eigenvalue weighted by Crippen LogP contribution is 2.27. The average Bonchev–Trinajstić information content (AvgIpc) is 2.36. The molecule has 0 aliphatic carbocycles. The summed E-state index contributed by atoms with van der Waals surface area (Å²) >= 11 is 0. The Morgan fingerprint density at radius 3 is 2.59 bits per heavy atom. The molecule has 1 atom stereocenters. The molecule has 17 heavy (non-hydrogen) atoms. The molecule has 88 valence electrons. The van der Waals surface area contributed by atoms with E-state index in [2.05, 4.69) is 0 Å². The highest BCUT2D eigenvalue weighted by atomic mass is 16.4. The van der Waals surface area contributed by atoms with E-state index in [0.717, 1.165) is 10.8 Å². The van der Waals surface area contributed by atoms with E-state index in [-0.39, 0.29) is 12.5 Å². The predicted octanol–water partition coefficient (Wildman–Crippen LogP) is 2.63. The van der Waals surface area contributed by atoms with Gasteiger partial charge in [-0.25, -0.2) is 4.79 Å². The Hall–Kier alpha value is -1.87. The van der Waals surface area contributed by atoms with Crippen LogP contribution in [-0.2, 0) is 0 Å². The van der Waals surface area contributed by atoms with Crippen molar-refractivity contribution in [3.8, 4) is 0 Å². The first-order valence-electron chi connectivity index (χ1n) is 5.51. The molecule has 3 heteroatoms. The molecule has 2 rings (SSSR count). The molecule has 0 saturated heterocycles. The maximum atomic E-state index is 11.4. The van der Waals surface area contributed by atoms with Crippen LogP contribution in [0.25, 0.3) is 10.8 Å². The number of carboxylic acids is 1. The number of aromatic carboxylic acids is 1. The van der Waals surface area contributed by atoms with E-state index in [0.29, 0.717) is 11.1 Å². The van der Waals surface area contributed by atoms with Gasteiger partial charge in [-0.3, -0.25) is 0 Å². The summed E-state index contributed by atoms with van der Waals surface area (Å²) in [6, 6.07) is 11.1. The highest BCUT2D eigenvalue weighted by Gasteiger charge is 2.17. The summed E-state index contributed by atoms with van der Waals surface area (Å²) in [4.78, 5) is 11.4. The Bertz CT molecular complexity index is 560. The van der Waals surface area contributed by atoms with E-state index in [1.165, 1.54) is 0 Å². The lowest BCUT2D eigenvalue weighted by Crippen LogP contribution is -2.08. The molecule has 0 heterocycles. The molecule has 0 radical (unpaired) electrons. The van der Waals surface area contributed by atoms with Crippen LogP contribution in [0.3, 0.4) is 0 Å². The SMILES string of the molecule is CC(CO)c1ccc2ccccc2c1C(=O)O. The van der Waals surface area contributed by atoms with Gasteiger partial charge in [0.05, 0.1) is 5.56 Å². The van der Waals surface area contributed by atoms with Crippen LogP contribution in [0.5, 0.6) is 0 Å². The molecule has 3 nitrogen and oxygen atoms in total. The zero-order valence-corrected chi connectivity index (χ0v) is 9.55. The standard InChI is InChI=1S/C14H14O3/c1-9(8-15)11-7-6-10-4-2-3-5-12(10)13(11)14(16)17/h2-7,9,15H,8H2,1H3,(H,16,17). The van der Waals surface area contributed by atoms with Crippen molar-refractivity contribution in [2.24, 2.45) is 0 Å². The van der Waals surface area contributed by atoms with Crippen LogP contribution in [0.1, 0.15) is 28.8 Å². The van der Waals surface area contributed by atoms with E-state index in [1.54, 1.807) is 12.1 Å². The lowest BCUT2D eigenvalue weighted by Gasteiger charge is -2.14. The lowest BCUT2D eigenvalue weighted by atomic mass is 9.92. The second kappa shape index (κ2) is 4.55. The van der Waals surface area contributed by atoms with E-state index in [4.69, 9.17) is 0 Å². The summed E-state index contributed by atoms with van der Waals surface area (Å²) in [5.74, 6) is -1.12. The third-order valence-electron chi connectivity index (χ3n) is 2.98. The van der Waals surface area contributed by atoms with E-state index < -0.39 is 5.97 Å². The van der Waals surface area contributed by atoms with Crippen LogP contribution in [0.4, 0.5) is 0 Å². The Morgan fingerprint density at radius 1 is 1.24 bits per heavy atom. The molecule has 0 saturated carbocycles. The molecule has 2 aromatic carbocycles. The first-order valence-corrected chi connectivity index (χ1v) is 5.51. The van der Waals surface area contributed by atoms with Gasteiger partial charge in [0.2, 0.25) is 0 Å². The molecule has 2 N–H and O–H groups in total. The maximum absolute atomic E-state index is 11.4. The van der Waals surface area contributed by atoms with Crippen molar-refractivity contribution in [1.82, 2.24) is 0 Å². The van der Waals surface area contributed by atoms with E-state index in [1.807, 2.05) is 31.2 Å². The van der Waals surface area contributed by atoms with Crippen molar-refractivity contribution in [2.75, 3.05) is 6.61 Å². The first-order chi connectivity index (χ1) is 8.15. The summed E-state index contributed by atoms with van der Waals surface area (Å²) in [5, 5.41) is 20.1. The number of hydrogen-bond acceptors (Lipinski definition) is 2. The second-order valence-electron chi connectivity index (χ2n) is 4.14. The molecule has 0 aromatic heterocycles. The fourth-order valence-corrected chi connectivity index (χ4v) is 2.04. The van der Waals surface area contributed by atoms with Crippen molar-refractivity contribution in [2.45, 2.75) is 12.8 Å². The van der Waals surface area contributed by atoms with Crippen molar-refractivity contribution in [1.29, 1.82) is 0 Å². The van der Waals surface area contributed by atoms with Gasteiger partial charge in [-0.1, -0.05) is 43.3 Å². The van der Waals surface area contributed by atoms with Crippen LogP contribution in [0, 0.1) is 0 Å². The molecule has 2 aromatic rings. The van der Waals surface area contributed by atoms with Crippen molar-refractivity contribution < 1.29 is 15.0 Å². The Kier molecular flexibility index (Phi) is 3.11. The number of carbonyl (C=O) groups is 1. The normalized spacial score (nSPS) is 12.6. The Labute approximate surface area is 99.3 Å². The summed E-state index contributed by atoms with van der Waals surface area (Å²) < 4.78 is 0. The quantitative estimate of drug-likeness (QED) is 0.852. The summed E-state index contributed by atoms with van der Waals surface area (Å²) in [7, 11) is 0. The Morgan fingerprint density at radius 2 is 1.94 bits per heavy atom. The van der Waals surface area contributed by atoms with Crippen LogP contribution in [0.15, 0.2) is 36.4 Å². The van der Waals surface area contributed by atoms with Crippen molar-refractivity contribution >= 4 is 16.7 Å². The van der Waals surface area contributed by atoms with Gasteiger partial charge in [0.1, 0.15) is 0 Å². The van der Waals surface area contributed by atoms with Gasteiger partial charge in [-0.2, -0.15) is 0 Å². The van der Waals surface area contributed by atoms with Gasteiger partial charge in [-0.15, -0.1) is 0 Å². The van der Waals surface area contributed by atoms with Gasteiger partial charge in [0.25, 0.3) is 0 Å². The number of rotatable bonds is 3. The van der Waals surface area contributed by atoms with Crippen LogP contribution >= 0.6 is 0 Å². The topological polar surface area (TPSA) is 57.5 Å². The molecular formula is C14H14O3. The fourth-order valence-electron chi connectivity index (χ4n) is 2.04. The third kappa shape index (κ3) is 2.01. The number of hydrogen-bond donors (Lipinski definition) is 2. The minimum atomic E-state index is -0.947. The first kappa shape index (κ1) is 11.6. The molecule has 0 spiro atoms. The van der Waals surface area contributed by atoms with Gasteiger partial charge in [-0.05, 0) is 16.3 Å².